The summed E-state index contributed by atoms with van der Waals surface area (Å²) < 4.78 is 25.4. The van der Waals surface area contributed by atoms with Gasteiger partial charge in [0.25, 0.3) is 6.43 Å². The highest BCUT2D eigenvalue weighted by Gasteiger charge is 2.15. The van der Waals surface area contributed by atoms with Crippen molar-refractivity contribution in [3.63, 3.8) is 0 Å². The second-order valence-electron chi connectivity index (χ2n) is 2.53. The van der Waals surface area contributed by atoms with Crippen LogP contribution in [0.3, 0.4) is 0 Å². The Kier molecular flexibility index (Phi) is 3.62. The number of pyridine rings is 1. The van der Waals surface area contributed by atoms with Gasteiger partial charge in [0.05, 0.1) is 17.3 Å². The first-order chi connectivity index (χ1) is 6.06. The Labute approximate surface area is 88.2 Å². The molecule has 1 aromatic rings. The molecule has 0 aliphatic carbocycles. The highest BCUT2D eigenvalue weighted by atomic mass is 79.9. The molecule has 72 valence electrons. The third-order valence-corrected chi connectivity index (χ3v) is 2.68. The molecule has 0 aliphatic heterocycles. The van der Waals surface area contributed by atoms with E-state index in [-0.39, 0.29) is 17.1 Å². The van der Waals surface area contributed by atoms with E-state index in [0.29, 0.717) is 10.2 Å². The lowest BCUT2D eigenvalue weighted by atomic mass is 10.2. The van der Waals surface area contributed by atoms with E-state index in [2.05, 4.69) is 20.9 Å². The number of alkyl halides is 3. The van der Waals surface area contributed by atoms with E-state index in [1.807, 2.05) is 0 Å². The summed E-state index contributed by atoms with van der Waals surface area (Å²) in [5.74, 6) is 0.00773. The molecular weight excluding hydrogens is 263 g/mol. The molecule has 0 spiro atoms. The zero-order valence-electron chi connectivity index (χ0n) is 6.82. The first-order valence-corrected chi connectivity index (χ1v) is 4.89. The Morgan fingerprint density at radius 1 is 1.62 bits per heavy atom. The topological polar surface area (TPSA) is 12.9 Å². The van der Waals surface area contributed by atoms with Crippen LogP contribution in [0, 0.1) is 6.92 Å². The summed E-state index contributed by atoms with van der Waals surface area (Å²) in [5.41, 5.74) is 0.810. The van der Waals surface area contributed by atoms with Gasteiger partial charge in [-0.05, 0) is 28.9 Å². The van der Waals surface area contributed by atoms with Crippen LogP contribution in [0.25, 0.3) is 0 Å². The van der Waals surface area contributed by atoms with Crippen LogP contribution in [0.5, 0.6) is 0 Å². The van der Waals surface area contributed by atoms with Crippen molar-refractivity contribution >= 4 is 27.5 Å². The Balaban J connectivity index is 3.25. The van der Waals surface area contributed by atoms with Crippen LogP contribution in [-0.4, -0.2) is 4.98 Å². The molecular formula is C8H7BrClF2N. The van der Waals surface area contributed by atoms with Gasteiger partial charge in [-0.15, -0.1) is 11.6 Å². The maximum atomic E-state index is 12.4. The van der Waals surface area contributed by atoms with Gasteiger partial charge in [0, 0.05) is 10.0 Å². The number of rotatable bonds is 2. The van der Waals surface area contributed by atoms with E-state index < -0.39 is 6.43 Å². The molecule has 5 heteroatoms. The van der Waals surface area contributed by atoms with Crippen molar-refractivity contribution in [1.82, 2.24) is 4.98 Å². The maximum Gasteiger partial charge on any atom is 0.265 e. The van der Waals surface area contributed by atoms with Crippen molar-refractivity contribution in [2.75, 3.05) is 0 Å². The predicted octanol–water partition coefficient (Wildman–Crippen LogP) is 3.83. The number of hydrogen-bond acceptors (Lipinski definition) is 1. The fraction of sp³-hybridized carbons (Fsp3) is 0.375. The minimum absolute atomic E-state index is 0.00773. The monoisotopic (exact) mass is 269 g/mol. The van der Waals surface area contributed by atoms with Gasteiger partial charge in [0.2, 0.25) is 0 Å². The van der Waals surface area contributed by atoms with E-state index in [4.69, 9.17) is 11.6 Å². The molecule has 0 fully saturated rings. The number of halogens is 4. The zero-order valence-corrected chi connectivity index (χ0v) is 9.16. The lowest BCUT2D eigenvalue weighted by Gasteiger charge is -2.07. The predicted molar refractivity (Wildman–Crippen MR) is 51.2 cm³/mol. The molecule has 0 N–H and O–H groups in total. The van der Waals surface area contributed by atoms with Crippen LogP contribution in [-0.2, 0) is 5.88 Å². The summed E-state index contributed by atoms with van der Waals surface area (Å²) in [6, 6.07) is 1.37. The summed E-state index contributed by atoms with van der Waals surface area (Å²) in [5, 5.41) is 0. The van der Waals surface area contributed by atoms with Crippen LogP contribution < -0.4 is 0 Å². The average molecular weight is 271 g/mol. The van der Waals surface area contributed by atoms with Gasteiger partial charge in [0.1, 0.15) is 0 Å². The molecule has 0 aromatic carbocycles. The van der Waals surface area contributed by atoms with E-state index in [0.717, 1.165) is 0 Å². The Morgan fingerprint density at radius 2 is 2.23 bits per heavy atom. The van der Waals surface area contributed by atoms with Gasteiger partial charge < -0.3 is 0 Å². The standard InChI is InChI=1S/C8H7BrClF2N/c1-4-6(9)2-5(8(11)12)7(3-10)13-4/h2,8H,3H2,1H3. The van der Waals surface area contributed by atoms with Crippen molar-refractivity contribution in [3.05, 3.63) is 27.5 Å². The minimum Gasteiger partial charge on any atom is -0.255 e. The summed E-state index contributed by atoms with van der Waals surface area (Å²) in [7, 11) is 0. The molecule has 0 amide bonds. The largest absolute Gasteiger partial charge is 0.265 e. The normalized spacial score (nSPS) is 10.9. The van der Waals surface area contributed by atoms with E-state index in [1.165, 1.54) is 6.07 Å². The summed E-state index contributed by atoms with van der Waals surface area (Å²) in [6.07, 6.45) is -2.53. The molecule has 1 heterocycles. The molecule has 0 radical (unpaired) electrons. The van der Waals surface area contributed by atoms with Gasteiger partial charge in [-0.1, -0.05) is 0 Å². The van der Waals surface area contributed by atoms with Crippen LogP contribution in [0.4, 0.5) is 8.78 Å². The average Bonchev–Trinajstić information content (AvgIpc) is 2.08. The molecule has 1 rings (SSSR count). The van der Waals surface area contributed by atoms with E-state index in [1.54, 1.807) is 6.92 Å². The highest BCUT2D eigenvalue weighted by molar-refractivity contribution is 9.10. The number of aryl methyl sites for hydroxylation is 1. The lowest BCUT2D eigenvalue weighted by molar-refractivity contribution is 0.150. The van der Waals surface area contributed by atoms with E-state index >= 15 is 0 Å². The fourth-order valence-corrected chi connectivity index (χ4v) is 1.49. The van der Waals surface area contributed by atoms with Gasteiger partial charge in [-0.3, -0.25) is 4.98 Å². The van der Waals surface area contributed by atoms with Gasteiger partial charge in [-0.2, -0.15) is 0 Å². The summed E-state index contributed by atoms with van der Waals surface area (Å²) in [6.45, 7) is 1.73. The molecule has 0 saturated heterocycles. The third kappa shape index (κ3) is 2.38. The second kappa shape index (κ2) is 4.33. The molecule has 0 saturated carbocycles. The van der Waals surface area contributed by atoms with Gasteiger partial charge in [0.15, 0.2) is 0 Å². The van der Waals surface area contributed by atoms with Crippen LogP contribution in [0.2, 0.25) is 0 Å². The summed E-state index contributed by atoms with van der Waals surface area (Å²) in [4.78, 5) is 3.95. The number of nitrogens with zero attached hydrogens (tertiary/aromatic N) is 1. The first kappa shape index (κ1) is 10.9. The quantitative estimate of drug-likeness (QED) is 0.744. The van der Waals surface area contributed by atoms with Crippen LogP contribution >= 0.6 is 27.5 Å². The molecule has 0 bridgehead atoms. The highest BCUT2D eigenvalue weighted by Crippen LogP contribution is 2.27. The van der Waals surface area contributed by atoms with Crippen molar-refractivity contribution in [1.29, 1.82) is 0 Å². The van der Waals surface area contributed by atoms with Crippen molar-refractivity contribution in [2.24, 2.45) is 0 Å². The molecule has 1 nitrogen and oxygen atoms in total. The molecule has 1 aromatic heterocycles. The maximum absolute atomic E-state index is 12.4. The molecule has 0 atom stereocenters. The number of aromatic nitrogens is 1. The first-order valence-electron chi connectivity index (χ1n) is 3.56. The Morgan fingerprint density at radius 3 is 2.69 bits per heavy atom. The molecule has 0 aliphatic rings. The molecule has 13 heavy (non-hydrogen) atoms. The minimum atomic E-state index is -2.53. The van der Waals surface area contributed by atoms with Crippen molar-refractivity contribution in [2.45, 2.75) is 19.2 Å². The third-order valence-electron chi connectivity index (χ3n) is 1.63. The van der Waals surface area contributed by atoms with Crippen molar-refractivity contribution < 1.29 is 8.78 Å². The SMILES string of the molecule is Cc1nc(CCl)c(C(F)F)cc1Br. The fourth-order valence-electron chi connectivity index (χ4n) is 0.941. The Bertz CT molecular complexity index is 317. The molecule has 0 unspecified atom stereocenters. The lowest BCUT2D eigenvalue weighted by Crippen LogP contribution is -1.98. The van der Waals surface area contributed by atoms with Gasteiger partial charge >= 0.3 is 0 Å². The van der Waals surface area contributed by atoms with Crippen molar-refractivity contribution in [3.8, 4) is 0 Å². The van der Waals surface area contributed by atoms with Crippen LogP contribution in [0.1, 0.15) is 23.4 Å². The second-order valence-corrected chi connectivity index (χ2v) is 3.65. The zero-order chi connectivity index (χ0) is 10.0. The smallest absolute Gasteiger partial charge is 0.255 e. The van der Waals surface area contributed by atoms with Crippen LogP contribution in [0.15, 0.2) is 10.5 Å². The van der Waals surface area contributed by atoms with E-state index in [9.17, 15) is 8.78 Å². The Hall–Kier alpha value is -0.220. The van der Waals surface area contributed by atoms with Gasteiger partial charge in [-0.25, -0.2) is 8.78 Å². The number of hydrogen-bond donors (Lipinski definition) is 0. The summed E-state index contributed by atoms with van der Waals surface area (Å²) >= 11 is 8.63.